The van der Waals surface area contributed by atoms with Gasteiger partial charge in [0.25, 0.3) is 9.84 Å². The Hall–Kier alpha value is -2.35. The van der Waals surface area contributed by atoms with Crippen molar-refractivity contribution in [1.82, 2.24) is 4.98 Å². The quantitative estimate of drug-likeness (QED) is 0.514. The van der Waals surface area contributed by atoms with Gasteiger partial charge < -0.3 is 5.32 Å². The number of halogens is 8. The molecule has 1 aromatic heterocycles. The van der Waals surface area contributed by atoms with Gasteiger partial charge in [-0.05, 0) is 30.3 Å². The van der Waals surface area contributed by atoms with E-state index in [1.165, 1.54) is 11.4 Å². The van der Waals surface area contributed by atoms with Gasteiger partial charge in [0.2, 0.25) is 0 Å². The van der Waals surface area contributed by atoms with Crippen LogP contribution in [0, 0.1) is 0 Å². The molecule has 0 bridgehead atoms. The largest absolute Gasteiger partial charge is 0.416 e. The number of hydrogen-bond acceptors (Lipinski definition) is 4. The summed E-state index contributed by atoms with van der Waals surface area (Å²) < 4.78 is 130. The molecule has 158 valence electrons. The minimum Gasteiger partial charge on any atom is -0.344 e. The predicted molar refractivity (Wildman–Crippen MR) is 89.0 cm³/mol. The highest BCUT2D eigenvalue weighted by Gasteiger charge is 2.51. The maximum atomic E-state index is 14.4. The molecular weight excluding hydrogens is 456 g/mol. The number of thiocarbonyl (C=S) groups is 1. The monoisotopic (exact) mass is 464 g/mol. The molecule has 14 heteroatoms. The molecule has 0 fully saturated rings. The van der Waals surface area contributed by atoms with Gasteiger partial charge in [0.05, 0.1) is 11.1 Å². The second-order valence-corrected chi connectivity index (χ2v) is 7.78. The van der Waals surface area contributed by atoms with Gasteiger partial charge in [-0.25, -0.2) is 13.4 Å². The van der Waals surface area contributed by atoms with E-state index in [4.69, 9.17) is 0 Å². The smallest absolute Gasteiger partial charge is 0.344 e. The van der Waals surface area contributed by atoms with Crippen LogP contribution in [0.2, 0.25) is 0 Å². The van der Waals surface area contributed by atoms with E-state index in [1.807, 2.05) is 0 Å². The fourth-order valence-electron chi connectivity index (χ4n) is 1.99. The maximum absolute atomic E-state index is 14.4. The molecule has 1 aromatic carbocycles. The lowest BCUT2D eigenvalue weighted by Gasteiger charge is -2.20. The Bertz CT molecular complexity index is 987. The summed E-state index contributed by atoms with van der Waals surface area (Å²) in [6.07, 6.45) is -9.58. The van der Waals surface area contributed by atoms with E-state index < -0.39 is 54.3 Å². The van der Waals surface area contributed by atoms with Crippen molar-refractivity contribution in [3.8, 4) is 0 Å². The minimum atomic E-state index is -5.53. The zero-order chi connectivity index (χ0) is 22.3. The van der Waals surface area contributed by atoms with Crippen molar-refractivity contribution in [3.63, 3.8) is 0 Å². The van der Waals surface area contributed by atoms with E-state index in [0.29, 0.717) is 0 Å². The van der Waals surface area contributed by atoms with Crippen LogP contribution in [0.4, 0.5) is 40.8 Å². The topological polar surface area (TPSA) is 59.1 Å². The molecule has 0 aliphatic rings. The highest BCUT2D eigenvalue weighted by atomic mass is 32.2. The number of benzene rings is 1. The van der Waals surface area contributed by atoms with Gasteiger partial charge in [-0.3, -0.25) is 0 Å². The zero-order valence-electron chi connectivity index (χ0n) is 13.6. The Morgan fingerprint density at radius 3 is 1.83 bits per heavy atom. The first kappa shape index (κ1) is 22.9. The van der Waals surface area contributed by atoms with Crippen LogP contribution < -0.4 is 5.32 Å². The number of sulfone groups is 1. The second-order valence-electron chi connectivity index (χ2n) is 5.44. The molecule has 0 unspecified atom stereocenters. The summed E-state index contributed by atoms with van der Waals surface area (Å²) in [4.78, 5) is 1.42. The van der Waals surface area contributed by atoms with E-state index in [2.05, 4.69) is 17.2 Å². The summed E-state index contributed by atoms with van der Waals surface area (Å²) >= 11 is 4.26. The van der Waals surface area contributed by atoms with Gasteiger partial charge in [-0.1, -0.05) is 18.3 Å². The van der Waals surface area contributed by atoms with Gasteiger partial charge in [0.15, 0.2) is 10.0 Å². The lowest BCUT2D eigenvalue weighted by Crippen LogP contribution is -2.41. The fourth-order valence-corrected chi connectivity index (χ4v) is 3.45. The summed E-state index contributed by atoms with van der Waals surface area (Å²) in [5.74, 6) is 0. The predicted octanol–water partition coefficient (Wildman–Crippen LogP) is 4.93. The molecule has 0 aliphatic heterocycles. The van der Waals surface area contributed by atoms with E-state index in [9.17, 15) is 43.5 Å². The third-order valence-electron chi connectivity index (χ3n) is 3.36. The molecule has 0 amide bonds. The molecule has 2 aromatic rings. The molecule has 29 heavy (non-hydrogen) atoms. The Kier molecular flexibility index (Phi) is 5.91. The minimum absolute atomic E-state index is 0.0883. The molecule has 2 rings (SSSR count). The first-order chi connectivity index (χ1) is 13.1. The Morgan fingerprint density at radius 1 is 0.897 bits per heavy atom. The molecule has 0 aliphatic carbocycles. The first-order valence-electron chi connectivity index (χ1n) is 7.21. The van der Waals surface area contributed by atoms with Crippen LogP contribution in [0.1, 0.15) is 11.1 Å². The summed E-state index contributed by atoms with van der Waals surface area (Å²) in [6, 6.07) is 2.98. The average molecular weight is 464 g/mol. The number of pyridine rings is 1. The molecule has 1 heterocycles. The Labute approximate surface area is 163 Å². The van der Waals surface area contributed by atoms with Crippen molar-refractivity contribution in [2.24, 2.45) is 0 Å². The van der Waals surface area contributed by atoms with E-state index >= 15 is 0 Å². The number of rotatable bonds is 4. The number of nitrogens with one attached hydrogen (secondary N) is 1. The SMILES string of the molecule is O=S(=O)(c1ccccn1)C(F)(F)C(=S)Nc1cc(C(F)(F)F)cc(C(F)(F)F)c1. The van der Waals surface area contributed by atoms with Crippen LogP contribution in [0.3, 0.4) is 0 Å². The van der Waals surface area contributed by atoms with E-state index in [0.717, 1.165) is 18.3 Å². The van der Waals surface area contributed by atoms with Crippen LogP contribution in [0.5, 0.6) is 0 Å². The molecule has 4 nitrogen and oxygen atoms in total. The Morgan fingerprint density at radius 2 is 1.41 bits per heavy atom. The van der Waals surface area contributed by atoms with Crippen molar-refractivity contribution < 1.29 is 43.5 Å². The third kappa shape index (κ3) is 4.80. The van der Waals surface area contributed by atoms with Crippen LogP contribution in [-0.2, 0) is 22.2 Å². The van der Waals surface area contributed by atoms with E-state index in [1.54, 1.807) is 0 Å². The number of hydrogen-bond donors (Lipinski definition) is 1. The first-order valence-corrected chi connectivity index (χ1v) is 9.10. The average Bonchev–Trinajstić information content (AvgIpc) is 2.60. The van der Waals surface area contributed by atoms with Crippen LogP contribution in [0.15, 0.2) is 47.6 Å². The van der Waals surface area contributed by atoms with Crippen molar-refractivity contribution in [2.75, 3.05) is 5.32 Å². The van der Waals surface area contributed by atoms with Crippen molar-refractivity contribution in [1.29, 1.82) is 0 Å². The summed E-state index contributed by atoms with van der Waals surface area (Å²) in [6.45, 7) is 0. The number of nitrogens with zero attached hydrogens (tertiary/aromatic N) is 1. The molecule has 0 spiro atoms. The molecular formula is C15H8F8N2O2S2. The van der Waals surface area contributed by atoms with Gasteiger partial charge in [0.1, 0.15) is 0 Å². The standard InChI is InChI=1S/C15H8F8N2O2S2/c16-13(17,18)8-5-9(14(19,20)21)7-10(6-8)25-12(28)15(22,23)29(26,27)11-3-1-2-4-24-11/h1-7H,(H,25,28). The highest BCUT2D eigenvalue weighted by Crippen LogP contribution is 2.38. The fraction of sp³-hybridized carbons (Fsp3) is 0.200. The van der Waals surface area contributed by atoms with Gasteiger partial charge in [-0.2, -0.15) is 35.1 Å². The molecule has 0 saturated carbocycles. The van der Waals surface area contributed by atoms with Crippen molar-refractivity contribution in [3.05, 3.63) is 53.7 Å². The van der Waals surface area contributed by atoms with E-state index in [-0.39, 0.29) is 18.2 Å². The number of anilines is 1. The summed E-state index contributed by atoms with van der Waals surface area (Å²) in [7, 11) is -5.53. The number of aromatic nitrogens is 1. The molecule has 0 saturated heterocycles. The zero-order valence-corrected chi connectivity index (χ0v) is 15.3. The van der Waals surface area contributed by atoms with Crippen molar-refractivity contribution >= 4 is 32.7 Å². The van der Waals surface area contributed by atoms with Gasteiger partial charge in [-0.15, -0.1) is 0 Å². The number of alkyl halides is 8. The molecule has 0 radical (unpaired) electrons. The maximum Gasteiger partial charge on any atom is 0.416 e. The van der Waals surface area contributed by atoms with Crippen LogP contribution in [0.25, 0.3) is 0 Å². The lowest BCUT2D eigenvalue weighted by molar-refractivity contribution is -0.143. The molecule has 0 atom stereocenters. The second kappa shape index (κ2) is 7.48. The molecule has 1 N–H and O–H groups in total. The summed E-state index contributed by atoms with van der Waals surface area (Å²) in [5, 5.41) is -4.50. The van der Waals surface area contributed by atoms with Gasteiger partial charge >= 0.3 is 17.6 Å². The normalized spacial score (nSPS) is 13.2. The van der Waals surface area contributed by atoms with Crippen molar-refractivity contribution in [2.45, 2.75) is 22.6 Å². The highest BCUT2D eigenvalue weighted by molar-refractivity contribution is 7.95. The van der Waals surface area contributed by atoms with Crippen LogP contribution in [-0.4, -0.2) is 23.6 Å². The third-order valence-corrected chi connectivity index (χ3v) is 5.52. The lowest BCUT2D eigenvalue weighted by atomic mass is 10.1. The summed E-state index contributed by atoms with van der Waals surface area (Å²) in [5.41, 5.74) is -4.71. The van der Waals surface area contributed by atoms with Gasteiger partial charge in [0, 0.05) is 11.9 Å². The van der Waals surface area contributed by atoms with Crippen LogP contribution >= 0.6 is 12.2 Å². The Balaban J connectivity index is 2.46.